The number of aromatic nitrogens is 1. The predicted molar refractivity (Wildman–Crippen MR) is 167 cm³/mol. The van der Waals surface area contributed by atoms with E-state index in [0.29, 0.717) is 49.5 Å². The van der Waals surface area contributed by atoms with Crippen molar-refractivity contribution in [2.75, 3.05) is 43.9 Å². The maximum atomic E-state index is 12.5. The van der Waals surface area contributed by atoms with Crippen molar-refractivity contribution >= 4 is 23.2 Å². The van der Waals surface area contributed by atoms with E-state index in [0.717, 1.165) is 11.1 Å². The number of fused-ring (bicyclic) bond motifs is 1. The number of phenolic OH excluding ortho intramolecular Hbond substituents is 1. The van der Waals surface area contributed by atoms with Crippen LogP contribution in [0.4, 0.5) is 11.4 Å². The van der Waals surface area contributed by atoms with Crippen LogP contribution in [0.2, 0.25) is 0 Å². The molecule has 0 saturated carbocycles. The number of ether oxygens (including phenoxy) is 1. The molecule has 236 valence electrons. The number of nitrogens with one attached hydrogen (secondary N) is 3. The Labute approximate surface area is 260 Å². The zero-order valence-electron chi connectivity index (χ0n) is 24.9. The van der Waals surface area contributed by atoms with E-state index in [2.05, 4.69) is 20.9 Å². The highest BCUT2D eigenvalue weighted by Gasteiger charge is 2.25. The van der Waals surface area contributed by atoms with Gasteiger partial charge in [0.05, 0.1) is 12.3 Å². The summed E-state index contributed by atoms with van der Waals surface area (Å²) in [5.41, 5.74) is 2.99. The topological polar surface area (TPSA) is 169 Å². The largest absolute Gasteiger partial charge is 0.506 e. The molecule has 6 N–H and O–H groups in total. The van der Waals surface area contributed by atoms with Gasteiger partial charge in [-0.1, -0.05) is 42.5 Å². The molecule has 4 aromatic rings. The summed E-state index contributed by atoms with van der Waals surface area (Å²) in [7, 11) is 1.93. The number of nitrogens with zero attached hydrogens (tertiary/aromatic N) is 2. The molecule has 0 radical (unpaired) electrons. The fourth-order valence-corrected chi connectivity index (χ4v) is 4.88. The molecule has 45 heavy (non-hydrogen) atoms. The molecule has 12 heteroatoms. The molecule has 12 nitrogen and oxygen atoms in total. The summed E-state index contributed by atoms with van der Waals surface area (Å²) in [5, 5.41) is 39.8. The Morgan fingerprint density at radius 1 is 1.07 bits per heavy atom. The van der Waals surface area contributed by atoms with Crippen molar-refractivity contribution in [3.05, 3.63) is 101 Å². The molecular weight excluding hydrogens is 578 g/mol. The number of aromatic hydroxyl groups is 1. The molecule has 0 aliphatic carbocycles. The fraction of sp³-hybridized carbons (Fsp3) is 0.303. The Hall–Kier alpha value is -4.75. The van der Waals surface area contributed by atoms with Crippen molar-refractivity contribution in [2.24, 2.45) is 0 Å². The fourth-order valence-electron chi connectivity index (χ4n) is 4.88. The van der Waals surface area contributed by atoms with Crippen molar-refractivity contribution in [3.8, 4) is 11.5 Å². The lowest BCUT2D eigenvalue weighted by Crippen LogP contribution is -2.27. The highest BCUT2D eigenvalue weighted by molar-refractivity contribution is 5.97. The van der Waals surface area contributed by atoms with Crippen molar-refractivity contribution in [2.45, 2.75) is 31.6 Å². The minimum Gasteiger partial charge on any atom is -0.506 e. The Morgan fingerprint density at radius 2 is 1.84 bits per heavy atom. The van der Waals surface area contributed by atoms with E-state index in [-0.39, 0.29) is 48.0 Å². The van der Waals surface area contributed by atoms with E-state index in [1.54, 1.807) is 12.3 Å². The molecule has 1 aliphatic heterocycles. The van der Waals surface area contributed by atoms with Gasteiger partial charge in [-0.2, -0.15) is 0 Å². The molecular formula is C33H37N5O7. The van der Waals surface area contributed by atoms with Crippen LogP contribution in [-0.2, 0) is 22.6 Å². The first kappa shape index (κ1) is 31.7. The van der Waals surface area contributed by atoms with Gasteiger partial charge in [-0.3, -0.25) is 9.59 Å². The number of anilines is 2. The second-order valence-electron chi connectivity index (χ2n) is 10.9. The van der Waals surface area contributed by atoms with Crippen LogP contribution in [0, 0.1) is 0 Å². The number of hydrogen-bond donors (Lipinski definition) is 6. The van der Waals surface area contributed by atoms with Crippen molar-refractivity contribution < 1.29 is 34.1 Å². The van der Waals surface area contributed by atoms with Gasteiger partial charge in [0, 0.05) is 50.3 Å². The van der Waals surface area contributed by atoms with Crippen molar-refractivity contribution in [1.29, 1.82) is 0 Å². The summed E-state index contributed by atoms with van der Waals surface area (Å²) in [6.07, 6.45) is 0.710. The SMILES string of the molecule is CN(CCC(=O)Nc1ccc(CNCC(O)c2ccc(O)c3c2OCC(=O)N3)cc1)CCc1cnc(C(O)c2ccccc2)o1. The average Bonchev–Trinajstić information content (AvgIpc) is 3.53. The van der Waals surface area contributed by atoms with Gasteiger partial charge in [-0.25, -0.2) is 4.98 Å². The number of carbonyl (C=O) groups excluding carboxylic acids is 2. The molecule has 0 fully saturated rings. The third kappa shape index (κ3) is 8.46. The third-order valence-electron chi connectivity index (χ3n) is 7.42. The van der Waals surface area contributed by atoms with Gasteiger partial charge < -0.3 is 45.3 Å². The predicted octanol–water partition coefficient (Wildman–Crippen LogP) is 3.12. The molecule has 2 atom stereocenters. The second-order valence-corrected chi connectivity index (χ2v) is 10.9. The molecule has 0 saturated heterocycles. The molecule has 0 bridgehead atoms. The maximum Gasteiger partial charge on any atom is 0.262 e. The van der Waals surface area contributed by atoms with Crippen LogP contribution in [0.5, 0.6) is 11.5 Å². The molecule has 5 rings (SSSR count). The van der Waals surface area contributed by atoms with Gasteiger partial charge in [0.2, 0.25) is 11.8 Å². The van der Waals surface area contributed by atoms with E-state index in [1.165, 1.54) is 6.07 Å². The van der Waals surface area contributed by atoms with Crippen LogP contribution in [0.3, 0.4) is 0 Å². The number of phenols is 1. The minimum absolute atomic E-state index is 0.0978. The standard InChI is InChI=1S/C33H37N5O7/c1-38(15-13-24-18-35-33(45-24)31(43)22-5-3-2-4-6-22)16-14-28(41)36-23-9-7-21(8-10-23)17-34-19-27(40)25-11-12-26(39)30-32(25)44-20-29(42)37-30/h2-12,18,27,31,34,39-40,43H,13-17,19-20H2,1H3,(H,36,41)(H,37,42). The first-order chi connectivity index (χ1) is 21.8. The minimum atomic E-state index is -0.924. The molecule has 3 aromatic carbocycles. The highest BCUT2D eigenvalue weighted by atomic mass is 16.5. The zero-order chi connectivity index (χ0) is 31.8. The average molecular weight is 616 g/mol. The lowest BCUT2D eigenvalue weighted by atomic mass is 10.0. The first-order valence-electron chi connectivity index (χ1n) is 14.7. The Balaban J connectivity index is 1.00. The van der Waals surface area contributed by atoms with Gasteiger partial charge in [0.15, 0.2) is 18.5 Å². The number of hydrogen-bond acceptors (Lipinski definition) is 10. The maximum absolute atomic E-state index is 12.5. The van der Waals surface area contributed by atoms with Crippen molar-refractivity contribution in [1.82, 2.24) is 15.2 Å². The molecule has 2 heterocycles. The quantitative estimate of drug-likeness (QED) is 0.116. The van der Waals surface area contributed by atoms with Crippen molar-refractivity contribution in [3.63, 3.8) is 0 Å². The lowest BCUT2D eigenvalue weighted by Gasteiger charge is -2.24. The van der Waals surface area contributed by atoms with Gasteiger partial charge in [0.1, 0.15) is 17.2 Å². The van der Waals surface area contributed by atoms with Crippen LogP contribution < -0.4 is 20.7 Å². The Kier molecular flexibility index (Phi) is 10.4. The summed E-state index contributed by atoms with van der Waals surface area (Å²) in [4.78, 5) is 30.4. The smallest absolute Gasteiger partial charge is 0.262 e. The number of aliphatic hydroxyl groups is 2. The van der Waals surface area contributed by atoms with Gasteiger partial charge in [-0.05, 0) is 42.4 Å². The van der Waals surface area contributed by atoms with Gasteiger partial charge in [-0.15, -0.1) is 0 Å². The molecule has 1 aromatic heterocycles. The number of likely N-dealkylation sites (N-methyl/N-ethyl adjacent to an activating group) is 1. The van der Waals surface area contributed by atoms with Crippen LogP contribution in [0.15, 0.2) is 77.3 Å². The number of aliphatic hydroxyl groups excluding tert-OH is 2. The van der Waals surface area contributed by atoms with E-state index in [4.69, 9.17) is 9.15 Å². The highest BCUT2D eigenvalue weighted by Crippen LogP contribution is 2.41. The van der Waals surface area contributed by atoms with Crippen LogP contribution in [0.25, 0.3) is 0 Å². The summed E-state index contributed by atoms with van der Waals surface area (Å²) in [6, 6.07) is 19.6. The molecule has 1 aliphatic rings. The van der Waals surface area contributed by atoms with E-state index in [9.17, 15) is 24.9 Å². The normalized spacial score (nSPS) is 13.9. The number of benzene rings is 3. The summed E-state index contributed by atoms with van der Waals surface area (Å²) in [6.45, 7) is 1.74. The Bertz CT molecular complexity index is 1590. The molecule has 0 spiro atoms. The van der Waals surface area contributed by atoms with E-state index < -0.39 is 12.2 Å². The Morgan fingerprint density at radius 3 is 2.62 bits per heavy atom. The number of amides is 2. The number of carbonyl (C=O) groups is 2. The van der Waals surface area contributed by atoms with E-state index >= 15 is 0 Å². The molecule has 2 unspecified atom stereocenters. The third-order valence-corrected chi connectivity index (χ3v) is 7.42. The van der Waals surface area contributed by atoms with Crippen LogP contribution >= 0.6 is 0 Å². The van der Waals surface area contributed by atoms with Crippen LogP contribution in [-0.4, -0.2) is 70.3 Å². The van der Waals surface area contributed by atoms with E-state index in [1.807, 2.05) is 66.5 Å². The number of oxazole rings is 1. The van der Waals surface area contributed by atoms with Gasteiger partial charge in [0.25, 0.3) is 5.91 Å². The monoisotopic (exact) mass is 615 g/mol. The second kappa shape index (κ2) is 14.8. The number of rotatable bonds is 14. The molecule has 2 amide bonds. The summed E-state index contributed by atoms with van der Waals surface area (Å²) in [5.74, 6) is 0.601. The summed E-state index contributed by atoms with van der Waals surface area (Å²) >= 11 is 0. The zero-order valence-corrected chi connectivity index (χ0v) is 24.9. The first-order valence-corrected chi connectivity index (χ1v) is 14.7. The van der Waals surface area contributed by atoms with Crippen LogP contribution in [0.1, 0.15) is 47.0 Å². The summed E-state index contributed by atoms with van der Waals surface area (Å²) < 4.78 is 11.2. The lowest BCUT2D eigenvalue weighted by molar-refractivity contribution is -0.119. The van der Waals surface area contributed by atoms with Gasteiger partial charge >= 0.3 is 0 Å².